The fourth-order valence-electron chi connectivity index (χ4n) is 2.39. The predicted octanol–water partition coefficient (Wildman–Crippen LogP) is 2.18. The van der Waals surface area contributed by atoms with Gasteiger partial charge in [-0.05, 0) is 19.4 Å². The van der Waals surface area contributed by atoms with Crippen LogP contribution in [0.15, 0.2) is 18.2 Å². The molecule has 0 bridgehead atoms. The van der Waals surface area contributed by atoms with Crippen molar-refractivity contribution in [1.82, 2.24) is 0 Å². The lowest BCUT2D eigenvalue weighted by atomic mass is 10.1. The first-order chi connectivity index (χ1) is 9.01. The topological polar surface area (TPSA) is 81.6 Å². The lowest BCUT2D eigenvalue weighted by molar-refractivity contribution is -0.384. The molecule has 1 heterocycles. The number of nitrogens with two attached hydrogens (primary N) is 1. The van der Waals surface area contributed by atoms with E-state index in [2.05, 4.69) is 11.8 Å². The monoisotopic (exact) mass is 265 g/mol. The minimum atomic E-state index is -0.412. The zero-order chi connectivity index (χ0) is 14.0. The van der Waals surface area contributed by atoms with Gasteiger partial charge in [0.25, 0.3) is 5.69 Å². The molecule has 6 heteroatoms. The summed E-state index contributed by atoms with van der Waals surface area (Å²) in [7, 11) is 0. The van der Waals surface area contributed by atoms with Crippen molar-refractivity contribution < 1.29 is 9.66 Å². The number of hydrogen-bond donors (Lipinski definition) is 1. The highest BCUT2D eigenvalue weighted by Crippen LogP contribution is 2.29. The van der Waals surface area contributed by atoms with Crippen molar-refractivity contribution >= 4 is 17.1 Å². The lowest BCUT2D eigenvalue weighted by Gasteiger charge is -2.40. The number of nitro groups is 1. The molecule has 1 aliphatic rings. The van der Waals surface area contributed by atoms with Crippen LogP contribution in [0.2, 0.25) is 0 Å². The molecule has 2 N–H and O–H groups in total. The Hall–Kier alpha value is -1.82. The summed E-state index contributed by atoms with van der Waals surface area (Å²) in [5.41, 5.74) is 7.01. The Kier molecular flexibility index (Phi) is 3.90. The molecule has 2 unspecified atom stereocenters. The van der Waals surface area contributed by atoms with Gasteiger partial charge in [0.05, 0.1) is 23.7 Å². The molecular formula is C13H19N3O3. The third-order valence-corrected chi connectivity index (χ3v) is 3.41. The lowest BCUT2D eigenvalue weighted by Crippen LogP contribution is -2.48. The normalized spacial score (nSPS) is 23.4. The number of morpholine rings is 1. The summed E-state index contributed by atoms with van der Waals surface area (Å²) in [5.74, 6) is 0. The number of hydrogen-bond acceptors (Lipinski definition) is 5. The van der Waals surface area contributed by atoms with Gasteiger partial charge in [0.15, 0.2) is 0 Å². The van der Waals surface area contributed by atoms with Gasteiger partial charge in [0, 0.05) is 30.1 Å². The first kappa shape index (κ1) is 13.6. The van der Waals surface area contributed by atoms with Crippen LogP contribution in [0.3, 0.4) is 0 Å². The summed E-state index contributed by atoms with van der Waals surface area (Å²) in [5, 5.41) is 10.9. The van der Waals surface area contributed by atoms with Crippen molar-refractivity contribution in [3.8, 4) is 0 Å². The molecule has 1 aromatic rings. The second-order valence-electron chi connectivity index (χ2n) is 4.90. The average Bonchev–Trinajstić information content (AvgIpc) is 2.37. The van der Waals surface area contributed by atoms with Gasteiger partial charge in [-0.3, -0.25) is 10.1 Å². The Morgan fingerprint density at radius 2 is 2.26 bits per heavy atom. The van der Waals surface area contributed by atoms with Gasteiger partial charge in [0.1, 0.15) is 0 Å². The van der Waals surface area contributed by atoms with E-state index < -0.39 is 4.92 Å². The highest BCUT2D eigenvalue weighted by Gasteiger charge is 2.27. The molecule has 6 nitrogen and oxygen atoms in total. The van der Waals surface area contributed by atoms with Crippen LogP contribution in [0.1, 0.15) is 20.3 Å². The number of non-ortho nitro benzene ring substituents is 1. The number of nitrogens with zero attached hydrogens (tertiary/aromatic N) is 2. The van der Waals surface area contributed by atoms with Crippen LogP contribution in [-0.2, 0) is 4.74 Å². The molecule has 1 fully saturated rings. The molecule has 1 aromatic carbocycles. The second kappa shape index (κ2) is 5.44. The van der Waals surface area contributed by atoms with Gasteiger partial charge in [-0.15, -0.1) is 0 Å². The molecule has 2 rings (SSSR count). The number of benzene rings is 1. The first-order valence-electron chi connectivity index (χ1n) is 6.44. The van der Waals surface area contributed by atoms with Crippen LogP contribution in [-0.4, -0.2) is 30.2 Å². The maximum atomic E-state index is 10.9. The zero-order valence-electron chi connectivity index (χ0n) is 11.2. The molecular weight excluding hydrogens is 246 g/mol. The van der Waals surface area contributed by atoms with Crippen molar-refractivity contribution in [2.75, 3.05) is 23.8 Å². The highest BCUT2D eigenvalue weighted by atomic mass is 16.6. The molecule has 0 saturated carbocycles. The van der Waals surface area contributed by atoms with Crippen molar-refractivity contribution in [1.29, 1.82) is 0 Å². The molecule has 1 aliphatic heterocycles. The largest absolute Gasteiger partial charge is 0.398 e. The van der Waals surface area contributed by atoms with Gasteiger partial charge in [-0.1, -0.05) is 6.92 Å². The Labute approximate surface area is 112 Å². The SMILES string of the molecule is CCC1COC(C)CN1c1cc(N)cc([N+](=O)[O-])c1. The molecule has 0 aliphatic carbocycles. The highest BCUT2D eigenvalue weighted by molar-refractivity contribution is 5.63. The second-order valence-corrected chi connectivity index (χ2v) is 4.90. The maximum absolute atomic E-state index is 10.9. The standard InChI is InChI=1S/C13H19N3O3/c1-3-11-8-19-9(2)7-15(11)12-4-10(14)5-13(6-12)16(17)18/h4-6,9,11H,3,7-8,14H2,1-2H3. The van der Waals surface area contributed by atoms with Gasteiger partial charge >= 0.3 is 0 Å². The van der Waals surface area contributed by atoms with Crippen LogP contribution in [0, 0.1) is 10.1 Å². The van der Waals surface area contributed by atoms with Crippen LogP contribution >= 0.6 is 0 Å². The Balaban J connectivity index is 2.35. The number of nitro benzene ring substituents is 1. The summed E-state index contributed by atoms with van der Waals surface area (Å²) < 4.78 is 5.63. The summed E-state index contributed by atoms with van der Waals surface area (Å²) in [4.78, 5) is 12.6. The summed E-state index contributed by atoms with van der Waals surface area (Å²) in [6.45, 7) is 5.44. The number of rotatable bonds is 3. The van der Waals surface area contributed by atoms with E-state index in [1.807, 2.05) is 6.92 Å². The molecule has 2 atom stereocenters. The fourth-order valence-corrected chi connectivity index (χ4v) is 2.39. The molecule has 0 aromatic heterocycles. The predicted molar refractivity (Wildman–Crippen MR) is 74.3 cm³/mol. The Morgan fingerprint density at radius 1 is 1.53 bits per heavy atom. The smallest absolute Gasteiger partial charge is 0.273 e. The van der Waals surface area contributed by atoms with E-state index in [4.69, 9.17) is 10.5 Å². The minimum absolute atomic E-state index is 0.0315. The van der Waals surface area contributed by atoms with E-state index >= 15 is 0 Å². The van der Waals surface area contributed by atoms with Crippen LogP contribution < -0.4 is 10.6 Å². The number of anilines is 2. The van der Waals surface area contributed by atoms with Crippen molar-refractivity contribution in [2.24, 2.45) is 0 Å². The summed E-state index contributed by atoms with van der Waals surface area (Å²) in [6, 6.07) is 4.98. The number of nitrogen functional groups attached to an aromatic ring is 1. The van der Waals surface area contributed by atoms with Crippen molar-refractivity contribution in [2.45, 2.75) is 32.4 Å². The van der Waals surface area contributed by atoms with Gasteiger partial charge in [-0.2, -0.15) is 0 Å². The van der Waals surface area contributed by atoms with Crippen molar-refractivity contribution in [3.05, 3.63) is 28.3 Å². The first-order valence-corrected chi connectivity index (χ1v) is 6.44. The molecule has 104 valence electrons. The van der Waals surface area contributed by atoms with E-state index in [9.17, 15) is 10.1 Å². The molecule has 1 saturated heterocycles. The van der Waals surface area contributed by atoms with Gasteiger partial charge in [-0.25, -0.2) is 0 Å². The van der Waals surface area contributed by atoms with Gasteiger partial charge in [0.2, 0.25) is 0 Å². The minimum Gasteiger partial charge on any atom is -0.398 e. The van der Waals surface area contributed by atoms with E-state index in [1.165, 1.54) is 6.07 Å². The third-order valence-electron chi connectivity index (χ3n) is 3.41. The van der Waals surface area contributed by atoms with E-state index in [0.29, 0.717) is 12.3 Å². The van der Waals surface area contributed by atoms with Crippen LogP contribution in [0.5, 0.6) is 0 Å². The summed E-state index contributed by atoms with van der Waals surface area (Å²) >= 11 is 0. The number of ether oxygens (including phenoxy) is 1. The molecule has 0 radical (unpaired) electrons. The van der Waals surface area contributed by atoms with E-state index in [-0.39, 0.29) is 17.8 Å². The summed E-state index contributed by atoms with van der Waals surface area (Å²) in [6.07, 6.45) is 1.04. The van der Waals surface area contributed by atoms with Crippen LogP contribution in [0.4, 0.5) is 17.1 Å². The quantitative estimate of drug-likeness (QED) is 0.514. The maximum Gasteiger partial charge on any atom is 0.273 e. The van der Waals surface area contributed by atoms with E-state index in [1.54, 1.807) is 12.1 Å². The van der Waals surface area contributed by atoms with E-state index in [0.717, 1.165) is 18.7 Å². The Morgan fingerprint density at radius 3 is 2.89 bits per heavy atom. The third kappa shape index (κ3) is 2.96. The van der Waals surface area contributed by atoms with Gasteiger partial charge < -0.3 is 15.4 Å². The molecule has 0 amide bonds. The average molecular weight is 265 g/mol. The molecule has 0 spiro atoms. The zero-order valence-corrected chi connectivity index (χ0v) is 11.2. The Bertz CT molecular complexity index is 478. The van der Waals surface area contributed by atoms with Crippen LogP contribution in [0.25, 0.3) is 0 Å². The van der Waals surface area contributed by atoms with Crippen molar-refractivity contribution in [3.63, 3.8) is 0 Å². The molecule has 19 heavy (non-hydrogen) atoms. The fraction of sp³-hybridized carbons (Fsp3) is 0.538.